The van der Waals surface area contributed by atoms with E-state index in [9.17, 15) is 4.79 Å². The van der Waals surface area contributed by atoms with Crippen LogP contribution in [0.2, 0.25) is 15.1 Å². The number of urea groups is 1. The van der Waals surface area contributed by atoms with Gasteiger partial charge in [0.25, 0.3) is 0 Å². The largest absolute Gasteiger partial charge is 0.333 e. The summed E-state index contributed by atoms with van der Waals surface area (Å²) in [6, 6.07) is 12.0. The second kappa shape index (κ2) is 8.27. The first kappa shape index (κ1) is 19.0. The van der Waals surface area contributed by atoms with Crippen molar-refractivity contribution in [3.8, 4) is 10.6 Å². The molecule has 0 saturated heterocycles. The molecule has 4 nitrogen and oxygen atoms in total. The molecule has 0 unspecified atom stereocenters. The Bertz CT molecular complexity index is 938. The number of carbonyl (C=O) groups is 1. The normalized spacial score (nSPS) is 10.6. The summed E-state index contributed by atoms with van der Waals surface area (Å²) in [6.45, 7) is 2.26. The SMILES string of the molecule is Cc1nc(-c2ccccc2Cl)sc1CNC(=O)Nc1cc(Cl)cc(Cl)c1. The fourth-order valence-electron chi connectivity index (χ4n) is 2.30. The number of hydrogen-bond donors (Lipinski definition) is 2. The Labute approximate surface area is 170 Å². The molecule has 3 aromatic rings. The molecule has 0 spiro atoms. The lowest BCUT2D eigenvalue weighted by Crippen LogP contribution is -2.28. The van der Waals surface area contributed by atoms with Crippen LogP contribution in [0.1, 0.15) is 10.6 Å². The molecule has 134 valence electrons. The number of thiazole rings is 1. The summed E-state index contributed by atoms with van der Waals surface area (Å²) in [5.74, 6) is 0. The van der Waals surface area contributed by atoms with Gasteiger partial charge in [0.15, 0.2) is 0 Å². The van der Waals surface area contributed by atoms with Crippen molar-refractivity contribution in [3.63, 3.8) is 0 Å². The summed E-state index contributed by atoms with van der Waals surface area (Å²) >= 11 is 19.6. The Kier molecular flexibility index (Phi) is 6.04. The molecule has 1 aromatic heterocycles. The van der Waals surface area contributed by atoms with E-state index >= 15 is 0 Å². The van der Waals surface area contributed by atoms with Crippen LogP contribution >= 0.6 is 46.1 Å². The lowest BCUT2D eigenvalue weighted by atomic mass is 10.2. The Hall–Kier alpha value is -1.79. The van der Waals surface area contributed by atoms with Gasteiger partial charge in [-0.2, -0.15) is 0 Å². The highest BCUT2D eigenvalue weighted by atomic mass is 35.5. The number of nitrogens with zero attached hydrogens (tertiary/aromatic N) is 1. The number of hydrogen-bond acceptors (Lipinski definition) is 3. The van der Waals surface area contributed by atoms with Crippen LogP contribution in [0.4, 0.5) is 10.5 Å². The van der Waals surface area contributed by atoms with Gasteiger partial charge in [-0.15, -0.1) is 11.3 Å². The molecule has 0 radical (unpaired) electrons. The molecular weight excluding hydrogens is 413 g/mol. The van der Waals surface area contributed by atoms with Crippen LogP contribution in [0.5, 0.6) is 0 Å². The van der Waals surface area contributed by atoms with Gasteiger partial charge in [-0.1, -0.05) is 53.0 Å². The second-order valence-electron chi connectivity index (χ2n) is 5.47. The average Bonchev–Trinajstić information content (AvgIpc) is 2.93. The van der Waals surface area contributed by atoms with Crippen molar-refractivity contribution in [1.82, 2.24) is 10.3 Å². The summed E-state index contributed by atoms with van der Waals surface area (Å²) in [5.41, 5.74) is 2.26. The molecule has 3 rings (SSSR count). The van der Waals surface area contributed by atoms with E-state index in [4.69, 9.17) is 34.8 Å². The molecular formula is C18H14Cl3N3OS. The Morgan fingerprint density at radius 1 is 1.12 bits per heavy atom. The summed E-state index contributed by atoms with van der Waals surface area (Å²) in [6.07, 6.45) is 0. The van der Waals surface area contributed by atoms with Crippen molar-refractivity contribution in [1.29, 1.82) is 0 Å². The molecule has 2 aromatic carbocycles. The van der Waals surface area contributed by atoms with Crippen molar-refractivity contribution in [2.45, 2.75) is 13.5 Å². The average molecular weight is 427 g/mol. The van der Waals surface area contributed by atoms with E-state index in [0.29, 0.717) is 27.3 Å². The van der Waals surface area contributed by atoms with Crippen molar-refractivity contribution < 1.29 is 4.79 Å². The lowest BCUT2D eigenvalue weighted by Gasteiger charge is -2.08. The smallest absolute Gasteiger partial charge is 0.319 e. The van der Waals surface area contributed by atoms with Crippen LogP contribution < -0.4 is 10.6 Å². The van der Waals surface area contributed by atoms with Gasteiger partial charge >= 0.3 is 6.03 Å². The molecule has 0 aliphatic heterocycles. The molecule has 2 N–H and O–H groups in total. The molecule has 0 atom stereocenters. The van der Waals surface area contributed by atoms with Crippen LogP contribution in [0, 0.1) is 6.92 Å². The maximum Gasteiger partial charge on any atom is 0.319 e. The zero-order valence-corrected chi connectivity index (χ0v) is 16.7. The number of aryl methyl sites for hydroxylation is 1. The number of rotatable bonds is 4. The number of halogens is 3. The Balaban J connectivity index is 1.66. The molecule has 0 aliphatic rings. The first-order valence-corrected chi connectivity index (χ1v) is 9.59. The van der Waals surface area contributed by atoms with Gasteiger partial charge in [0.2, 0.25) is 0 Å². The van der Waals surface area contributed by atoms with Crippen LogP contribution in [0.15, 0.2) is 42.5 Å². The van der Waals surface area contributed by atoms with Crippen LogP contribution in [0.25, 0.3) is 10.6 Å². The minimum absolute atomic E-state index is 0.351. The Morgan fingerprint density at radius 2 is 1.81 bits per heavy atom. The number of benzene rings is 2. The van der Waals surface area contributed by atoms with Gasteiger partial charge in [0.05, 0.1) is 17.3 Å². The first-order chi connectivity index (χ1) is 12.4. The lowest BCUT2D eigenvalue weighted by molar-refractivity contribution is 0.252. The maximum atomic E-state index is 12.1. The van der Waals surface area contributed by atoms with Crippen molar-refractivity contribution >= 4 is 57.9 Å². The Morgan fingerprint density at radius 3 is 2.50 bits per heavy atom. The van der Waals surface area contributed by atoms with E-state index in [1.807, 2.05) is 31.2 Å². The van der Waals surface area contributed by atoms with Crippen LogP contribution in [0.3, 0.4) is 0 Å². The quantitative estimate of drug-likeness (QED) is 0.507. The molecule has 1 heterocycles. The molecule has 8 heteroatoms. The van der Waals surface area contributed by atoms with E-state index in [2.05, 4.69) is 15.6 Å². The topological polar surface area (TPSA) is 54.0 Å². The third-order valence-electron chi connectivity index (χ3n) is 3.53. The number of nitrogens with one attached hydrogen (secondary N) is 2. The minimum Gasteiger partial charge on any atom is -0.333 e. The third-order valence-corrected chi connectivity index (χ3v) is 5.48. The number of aromatic nitrogens is 1. The number of carbonyl (C=O) groups excluding carboxylic acids is 1. The molecule has 0 aliphatic carbocycles. The first-order valence-electron chi connectivity index (χ1n) is 7.64. The van der Waals surface area contributed by atoms with Gasteiger partial charge < -0.3 is 10.6 Å². The van der Waals surface area contributed by atoms with Crippen molar-refractivity contribution in [3.05, 3.63) is 68.1 Å². The van der Waals surface area contributed by atoms with Gasteiger partial charge in [-0.05, 0) is 31.2 Å². The molecule has 0 fully saturated rings. The van der Waals surface area contributed by atoms with Gasteiger partial charge in [-0.3, -0.25) is 0 Å². The zero-order chi connectivity index (χ0) is 18.7. The van der Waals surface area contributed by atoms with E-state index in [0.717, 1.165) is 21.1 Å². The summed E-state index contributed by atoms with van der Waals surface area (Å²) in [5, 5.41) is 7.90. The third kappa shape index (κ3) is 4.68. The maximum absolute atomic E-state index is 12.1. The number of anilines is 1. The van der Waals surface area contributed by atoms with Gasteiger partial charge in [0.1, 0.15) is 5.01 Å². The highest BCUT2D eigenvalue weighted by molar-refractivity contribution is 7.15. The summed E-state index contributed by atoms with van der Waals surface area (Å²) < 4.78 is 0. The van der Waals surface area contributed by atoms with Crippen molar-refractivity contribution in [2.24, 2.45) is 0 Å². The second-order valence-corrected chi connectivity index (χ2v) is 7.84. The molecule has 26 heavy (non-hydrogen) atoms. The van der Waals surface area contributed by atoms with Crippen LogP contribution in [-0.4, -0.2) is 11.0 Å². The van der Waals surface area contributed by atoms with Crippen molar-refractivity contribution in [2.75, 3.05) is 5.32 Å². The predicted octanol–water partition coefficient (Wildman–Crippen LogP) is 6.40. The van der Waals surface area contributed by atoms with Crippen LogP contribution in [-0.2, 0) is 6.54 Å². The zero-order valence-electron chi connectivity index (χ0n) is 13.6. The highest BCUT2D eigenvalue weighted by Gasteiger charge is 2.13. The standard InChI is InChI=1S/C18H14Cl3N3OS/c1-10-16(26-17(23-10)14-4-2-3-5-15(14)21)9-22-18(25)24-13-7-11(19)6-12(20)8-13/h2-8H,9H2,1H3,(H2,22,24,25). The molecule has 2 amide bonds. The molecule has 0 saturated carbocycles. The van der Waals surface area contributed by atoms with Gasteiger partial charge in [-0.25, -0.2) is 9.78 Å². The predicted molar refractivity (Wildman–Crippen MR) is 110 cm³/mol. The number of amides is 2. The molecule has 0 bridgehead atoms. The van der Waals surface area contributed by atoms with E-state index in [-0.39, 0.29) is 6.03 Å². The van der Waals surface area contributed by atoms with E-state index in [1.165, 1.54) is 11.3 Å². The summed E-state index contributed by atoms with van der Waals surface area (Å²) in [4.78, 5) is 17.6. The highest BCUT2D eigenvalue weighted by Crippen LogP contribution is 2.32. The minimum atomic E-state index is -0.351. The van der Waals surface area contributed by atoms with Gasteiger partial charge in [0, 0.05) is 26.2 Å². The van der Waals surface area contributed by atoms with E-state index < -0.39 is 0 Å². The monoisotopic (exact) mass is 425 g/mol. The van der Waals surface area contributed by atoms with E-state index in [1.54, 1.807) is 18.2 Å². The summed E-state index contributed by atoms with van der Waals surface area (Å²) in [7, 11) is 0. The fraction of sp³-hybridized carbons (Fsp3) is 0.111. The fourth-order valence-corrected chi connectivity index (χ4v) is 4.15.